The van der Waals surface area contributed by atoms with Crippen molar-refractivity contribution in [1.82, 2.24) is 0 Å². The zero-order chi connectivity index (χ0) is 14.2. The Bertz CT molecular complexity index is 289. The van der Waals surface area contributed by atoms with Crippen molar-refractivity contribution in [2.24, 2.45) is 0 Å². The van der Waals surface area contributed by atoms with Crippen LogP contribution in [0.2, 0.25) is 18.1 Å². The first-order valence-corrected chi connectivity index (χ1v) is 9.27. The van der Waals surface area contributed by atoms with Crippen LogP contribution in [-0.2, 0) is 9.16 Å². The first-order valence-electron chi connectivity index (χ1n) is 6.36. The smallest absolute Gasteiger partial charge is 0.217 e. The third kappa shape index (κ3) is 3.31. The molecular formula is C12H26O5Si. The molecule has 0 spiro atoms. The van der Waals surface area contributed by atoms with Crippen LogP contribution >= 0.6 is 0 Å². The lowest BCUT2D eigenvalue weighted by Crippen LogP contribution is -2.59. The molecule has 1 rings (SSSR count). The summed E-state index contributed by atoms with van der Waals surface area (Å²) in [6, 6.07) is 0. The molecule has 18 heavy (non-hydrogen) atoms. The van der Waals surface area contributed by atoms with Gasteiger partial charge < -0.3 is 24.5 Å². The summed E-state index contributed by atoms with van der Waals surface area (Å²) in [6.07, 6.45) is -1.97. The van der Waals surface area contributed by atoms with E-state index in [-0.39, 0.29) is 18.3 Å². The van der Waals surface area contributed by atoms with Gasteiger partial charge in [0.25, 0.3) is 0 Å². The third-order valence-electron chi connectivity index (χ3n) is 4.04. The Labute approximate surface area is 110 Å². The monoisotopic (exact) mass is 278 g/mol. The maximum atomic E-state index is 10.2. The second kappa shape index (κ2) is 5.18. The molecule has 1 saturated heterocycles. The van der Waals surface area contributed by atoms with Crippen molar-refractivity contribution in [3.05, 3.63) is 0 Å². The van der Waals surface area contributed by atoms with E-state index in [9.17, 15) is 15.3 Å². The fraction of sp³-hybridized carbons (Fsp3) is 1.00. The Hall–Kier alpha value is 0.0169. The largest absolute Gasteiger partial charge is 0.411 e. The summed E-state index contributed by atoms with van der Waals surface area (Å²) in [6.45, 7) is 10.5. The number of hydrogen-bond donors (Lipinski definition) is 3. The van der Waals surface area contributed by atoms with Crippen molar-refractivity contribution >= 4 is 8.32 Å². The summed E-state index contributed by atoms with van der Waals surface area (Å²) >= 11 is 0. The van der Waals surface area contributed by atoms with Crippen molar-refractivity contribution in [2.45, 2.75) is 63.3 Å². The lowest BCUT2D eigenvalue weighted by molar-refractivity contribution is -0.309. The summed E-state index contributed by atoms with van der Waals surface area (Å²) in [4.78, 5) is 0. The van der Waals surface area contributed by atoms with Crippen molar-refractivity contribution in [3.63, 3.8) is 0 Å². The van der Waals surface area contributed by atoms with Gasteiger partial charge in [-0.25, -0.2) is 0 Å². The SMILES string of the molecule is CC(C)(C)[Si](C)(C)OCC1(O)OCCC(O)C1O. The van der Waals surface area contributed by atoms with Crippen LogP contribution in [-0.4, -0.2) is 54.8 Å². The van der Waals surface area contributed by atoms with Gasteiger partial charge in [0.2, 0.25) is 5.79 Å². The summed E-state index contributed by atoms with van der Waals surface area (Å²) in [5, 5.41) is 29.6. The van der Waals surface area contributed by atoms with Crippen LogP contribution in [0.3, 0.4) is 0 Å². The van der Waals surface area contributed by atoms with Crippen LogP contribution in [0, 0.1) is 0 Å². The topological polar surface area (TPSA) is 79.2 Å². The van der Waals surface area contributed by atoms with Gasteiger partial charge in [-0.3, -0.25) is 0 Å². The van der Waals surface area contributed by atoms with Crippen molar-refractivity contribution < 1.29 is 24.5 Å². The van der Waals surface area contributed by atoms with Gasteiger partial charge in [0.05, 0.1) is 19.3 Å². The van der Waals surface area contributed by atoms with E-state index in [1.54, 1.807) is 0 Å². The van der Waals surface area contributed by atoms with Crippen LogP contribution < -0.4 is 0 Å². The molecule has 6 heteroatoms. The molecular weight excluding hydrogens is 252 g/mol. The van der Waals surface area contributed by atoms with Gasteiger partial charge in [-0.05, 0) is 24.6 Å². The van der Waals surface area contributed by atoms with E-state index < -0.39 is 26.3 Å². The molecule has 0 saturated carbocycles. The third-order valence-corrected chi connectivity index (χ3v) is 8.52. The Morgan fingerprint density at radius 2 is 1.89 bits per heavy atom. The highest BCUT2D eigenvalue weighted by atomic mass is 28.4. The lowest BCUT2D eigenvalue weighted by Gasteiger charge is -2.43. The minimum Gasteiger partial charge on any atom is -0.411 e. The molecule has 5 nitrogen and oxygen atoms in total. The highest BCUT2D eigenvalue weighted by molar-refractivity contribution is 6.74. The van der Waals surface area contributed by atoms with Gasteiger partial charge in [0, 0.05) is 0 Å². The average Bonchev–Trinajstić information content (AvgIpc) is 2.22. The number of hydrogen-bond acceptors (Lipinski definition) is 5. The molecule has 3 atom stereocenters. The van der Waals surface area contributed by atoms with Gasteiger partial charge in [-0.2, -0.15) is 0 Å². The van der Waals surface area contributed by atoms with Crippen molar-refractivity contribution in [2.75, 3.05) is 13.2 Å². The average molecular weight is 278 g/mol. The first kappa shape index (κ1) is 16.1. The van der Waals surface area contributed by atoms with Gasteiger partial charge in [-0.1, -0.05) is 20.8 Å². The standard InChI is InChI=1S/C12H26O5Si/c1-11(2,3)18(4,5)17-8-12(15)10(14)9(13)6-7-16-12/h9-10,13-15H,6-8H2,1-5H3. The van der Waals surface area contributed by atoms with Gasteiger partial charge in [0.1, 0.15) is 6.10 Å². The first-order chi connectivity index (χ1) is 8.00. The van der Waals surface area contributed by atoms with E-state index in [1.165, 1.54) is 0 Å². The van der Waals surface area contributed by atoms with E-state index in [2.05, 4.69) is 33.9 Å². The molecule has 0 amide bonds. The summed E-state index contributed by atoms with van der Waals surface area (Å²) in [7, 11) is -2.02. The fourth-order valence-corrected chi connectivity index (χ4v) is 2.53. The number of aliphatic hydroxyl groups excluding tert-OH is 2. The van der Waals surface area contributed by atoms with Gasteiger partial charge >= 0.3 is 0 Å². The molecule has 0 aromatic heterocycles. The van der Waals surface area contributed by atoms with Crippen LogP contribution in [0.1, 0.15) is 27.2 Å². The molecule has 0 bridgehead atoms. The molecule has 0 aromatic carbocycles. The van der Waals surface area contributed by atoms with Crippen LogP contribution in [0.25, 0.3) is 0 Å². The van der Waals surface area contributed by atoms with Crippen molar-refractivity contribution in [1.29, 1.82) is 0 Å². The molecule has 3 unspecified atom stereocenters. The Balaban J connectivity index is 2.67. The molecule has 0 aliphatic carbocycles. The predicted molar refractivity (Wildman–Crippen MR) is 70.7 cm³/mol. The van der Waals surface area contributed by atoms with E-state index in [0.717, 1.165) is 0 Å². The number of ether oxygens (including phenoxy) is 1. The Kier molecular flexibility index (Phi) is 4.63. The van der Waals surface area contributed by atoms with Crippen molar-refractivity contribution in [3.8, 4) is 0 Å². The van der Waals surface area contributed by atoms with Crippen LogP contribution in [0.15, 0.2) is 0 Å². The molecule has 1 heterocycles. The number of aliphatic hydroxyl groups is 3. The molecule has 1 fully saturated rings. The van der Waals surface area contributed by atoms with E-state index in [1.807, 2.05) is 0 Å². The highest BCUT2D eigenvalue weighted by Gasteiger charge is 2.47. The second-order valence-electron chi connectivity index (χ2n) is 6.54. The lowest BCUT2D eigenvalue weighted by atomic mass is 10.00. The highest BCUT2D eigenvalue weighted by Crippen LogP contribution is 2.37. The molecule has 1 aliphatic heterocycles. The maximum absolute atomic E-state index is 10.2. The van der Waals surface area contributed by atoms with Crippen LogP contribution in [0.5, 0.6) is 0 Å². The van der Waals surface area contributed by atoms with E-state index in [0.29, 0.717) is 6.42 Å². The Morgan fingerprint density at radius 1 is 1.33 bits per heavy atom. The zero-order valence-corrected chi connectivity index (χ0v) is 12.9. The molecule has 108 valence electrons. The molecule has 0 radical (unpaired) electrons. The quantitative estimate of drug-likeness (QED) is 0.667. The molecule has 3 N–H and O–H groups in total. The van der Waals surface area contributed by atoms with E-state index >= 15 is 0 Å². The predicted octanol–water partition coefficient (Wildman–Crippen LogP) is 0.839. The Morgan fingerprint density at radius 3 is 2.39 bits per heavy atom. The fourth-order valence-electron chi connectivity index (χ4n) is 1.53. The van der Waals surface area contributed by atoms with Gasteiger partial charge in [0.15, 0.2) is 8.32 Å². The second-order valence-corrected chi connectivity index (χ2v) is 11.4. The number of rotatable bonds is 3. The molecule has 1 aliphatic rings. The minimum absolute atomic E-state index is 0.0155. The summed E-state index contributed by atoms with van der Waals surface area (Å²) in [5.41, 5.74) is 0. The van der Waals surface area contributed by atoms with Crippen LogP contribution in [0.4, 0.5) is 0 Å². The summed E-state index contributed by atoms with van der Waals surface area (Å²) in [5.74, 6) is -1.80. The van der Waals surface area contributed by atoms with Gasteiger partial charge in [-0.15, -0.1) is 0 Å². The maximum Gasteiger partial charge on any atom is 0.217 e. The zero-order valence-electron chi connectivity index (χ0n) is 11.9. The molecule has 0 aromatic rings. The van der Waals surface area contributed by atoms with E-state index in [4.69, 9.17) is 9.16 Å². The normalized spacial score (nSPS) is 34.7. The summed E-state index contributed by atoms with van der Waals surface area (Å²) < 4.78 is 11.0. The minimum atomic E-state index is -2.02.